The van der Waals surface area contributed by atoms with Gasteiger partial charge in [0.05, 0.1) is 0 Å². The molecule has 2 heterocycles. The lowest BCUT2D eigenvalue weighted by Gasteiger charge is -2.11. The van der Waals surface area contributed by atoms with Gasteiger partial charge in [-0.25, -0.2) is 4.79 Å². The molecule has 2 aromatic heterocycles. The third-order valence-electron chi connectivity index (χ3n) is 5.75. The Morgan fingerprint density at radius 3 is 2.52 bits per heavy atom. The van der Waals surface area contributed by atoms with E-state index in [0.29, 0.717) is 5.58 Å². The van der Waals surface area contributed by atoms with Crippen LogP contribution in [0.5, 0.6) is 0 Å². The van der Waals surface area contributed by atoms with Crippen molar-refractivity contribution in [2.75, 3.05) is 0 Å². The predicted octanol–water partition coefficient (Wildman–Crippen LogP) is 5.77. The fraction of sp³-hybridized carbons (Fsp3) is 0.500. The number of unbranched alkanes of at least 4 members (excludes halogenated alkanes) is 2. The van der Waals surface area contributed by atoms with Gasteiger partial charge in [0.15, 0.2) is 0 Å². The molecule has 0 amide bonds. The summed E-state index contributed by atoms with van der Waals surface area (Å²) in [5.41, 5.74) is 5.67. The standard InChI is InChI=1S/C22H26O3/c1-4-5-6-9-15-13(2)17-12-18-16-10-7-8-11-19(16)24-21(18)14(3)20(17)25-22(15)23/h12H,4-11H2,1-3H3. The second kappa shape index (κ2) is 6.36. The number of hydrogen-bond acceptors (Lipinski definition) is 3. The summed E-state index contributed by atoms with van der Waals surface area (Å²) in [4.78, 5) is 12.5. The topological polar surface area (TPSA) is 43.4 Å². The molecule has 3 aromatic rings. The first-order valence-corrected chi connectivity index (χ1v) is 9.62. The zero-order valence-corrected chi connectivity index (χ0v) is 15.5. The van der Waals surface area contributed by atoms with E-state index in [1.807, 2.05) is 6.92 Å². The van der Waals surface area contributed by atoms with Crippen LogP contribution in [0, 0.1) is 13.8 Å². The summed E-state index contributed by atoms with van der Waals surface area (Å²) in [6.45, 7) is 6.26. The molecule has 0 radical (unpaired) electrons. The van der Waals surface area contributed by atoms with Crippen molar-refractivity contribution in [3.05, 3.63) is 44.5 Å². The molecule has 4 rings (SSSR count). The van der Waals surface area contributed by atoms with Gasteiger partial charge in [0.2, 0.25) is 0 Å². The Bertz CT molecular complexity index is 1000. The molecule has 0 atom stereocenters. The minimum absolute atomic E-state index is 0.181. The summed E-state index contributed by atoms with van der Waals surface area (Å²) >= 11 is 0. The van der Waals surface area contributed by atoms with Crippen LogP contribution in [0.3, 0.4) is 0 Å². The van der Waals surface area contributed by atoms with Gasteiger partial charge in [-0.05, 0) is 57.6 Å². The van der Waals surface area contributed by atoms with Crippen LogP contribution in [0.25, 0.3) is 21.9 Å². The van der Waals surface area contributed by atoms with Crippen LogP contribution in [0.1, 0.15) is 67.0 Å². The Morgan fingerprint density at radius 2 is 1.72 bits per heavy atom. The van der Waals surface area contributed by atoms with Crippen molar-refractivity contribution in [1.82, 2.24) is 0 Å². The van der Waals surface area contributed by atoms with E-state index in [-0.39, 0.29) is 5.63 Å². The maximum absolute atomic E-state index is 12.5. The quantitative estimate of drug-likeness (QED) is 0.448. The first-order valence-electron chi connectivity index (χ1n) is 9.62. The van der Waals surface area contributed by atoms with E-state index >= 15 is 0 Å². The average Bonchev–Trinajstić information content (AvgIpc) is 2.98. The molecule has 25 heavy (non-hydrogen) atoms. The third kappa shape index (κ3) is 2.61. The van der Waals surface area contributed by atoms with E-state index in [1.54, 1.807) is 0 Å². The van der Waals surface area contributed by atoms with Crippen LogP contribution < -0.4 is 5.63 Å². The predicted molar refractivity (Wildman–Crippen MR) is 102 cm³/mol. The molecule has 0 spiro atoms. The van der Waals surface area contributed by atoms with Crippen molar-refractivity contribution in [1.29, 1.82) is 0 Å². The van der Waals surface area contributed by atoms with Crippen LogP contribution in [-0.2, 0) is 19.3 Å². The smallest absolute Gasteiger partial charge is 0.339 e. The zero-order valence-electron chi connectivity index (χ0n) is 15.5. The van der Waals surface area contributed by atoms with E-state index in [9.17, 15) is 4.79 Å². The Morgan fingerprint density at radius 1 is 0.960 bits per heavy atom. The van der Waals surface area contributed by atoms with Crippen molar-refractivity contribution in [2.24, 2.45) is 0 Å². The maximum Gasteiger partial charge on any atom is 0.339 e. The van der Waals surface area contributed by atoms with Gasteiger partial charge in [-0.2, -0.15) is 0 Å². The number of hydrogen-bond donors (Lipinski definition) is 0. The molecular weight excluding hydrogens is 312 g/mol. The fourth-order valence-electron chi connectivity index (χ4n) is 4.26. The number of furan rings is 1. The lowest BCUT2D eigenvalue weighted by molar-refractivity contribution is 0.503. The van der Waals surface area contributed by atoms with Crippen LogP contribution >= 0.6 is 0 Å². The van der Waals surface area contributed by atoms with Gasteiger partial charge < -0.3 is 8.83 Å². The Balaban J connectivity index is 1.96. The molecule has 132 valence electrons. The van der Waals surface area contributed by atoms with Crippen molar-refractivity contribution in [3.63, 3.8) is 0 Å². The highest BCUT2D eigenvalue weighted by Crippen LogP contribution is 2.37. The largest absolute Gasteiger partial charge is 0.460 e. The molecule has 0 N–H and O–H groups in total. The molecule has 0 saturated heterocycles. The first kappa shape index (κ1) is 16.4. The lowest BCUT2D eigenvalue weighted by Crippen LogP contribution is -2.11. The van der Waals surface area contributed by atoms with E-state index in [4.69, 9.17) is 8.83 Å². The Hall–Kier alpha value is -2.03. The van der Waals surface area contributed by atoms with Gasteiger partial charge >= 0.3 is 5.63 Å². The van der Waals surface area contributed by atoms with E-state index in [1.165, 1.54) is 23.8 Å². The van der Waals surface area contributed by atoms with E-state index in [2.05, 4.69) is 19.9 Å². The number of fused-ring (bicyclic) bond motifs is 4. The fourth-order valence-corrected chi connectivity index (χ4v) is 4.26. The normalized spacial score (nSPS) is 14.4. The highest BCUT2D eigenvalue weighted by atomic mass is 16.4. The number of benzene rings is 1. The van der Waals surface area contributed by atoms with Crippen LogP contribution in [-0.4, -0.2) is 0 Å². The highest BCUT2D eigenvalue weighted by Gasteiger charge is 2.22. The molecule has 0 fully saturated rings. The molecular formula is C22H26O3. The van der Waals surface area contributed by atoms with E-state index < -0.39 is 0 Å². The van der Waals surface area contributed by atoms with Crippen molar-refractivity contribution < 1.29 is 8.83 Å². The number of aryl methyl sites for hydroxylation is 4. The second-order valence-corrected chi connectivity index (χ2v) is 7.42. The monoisotopic (exact) mass is 338 g/mol. The molecule has 3 nitrogen and oxygen atoms in total. The molecule has 3 heteroatoms. The van der Waals surface area contributed by atoms with Crippen molar-refractivity contribution >= 4 is 21.9 Å². The van der Waals surface area contributed by atoms with Crippen LogP contribution in [0.15, 0.2) is 19.7 Å². The van der Waals surface area contributed by atoms with Gasteiger partial charge in [-0.1, -0.05) is 19.8 Å². The summed E-state index contributed by atoms with van der Waals surface area (Å²) in [6.07, 6.45) is 8.67. The highest BCUT2D eigenvalue weighted by molar-refractivity contribution is 6.00. The van der Waals surface area contributed by atoms with Crippen molar-refractivity contribution in [2.45, 2.75) is 72.1 Å². The molecule has 1 aliphatic carbocycles. The van der Waals surface area contributed by atoms with Crippen LogP contribution in [0.2, 0.25) is 0 Å². The van der Waals surface area contributed by atoms with Gasteiger partial charge in [0.25, 0.3) is 0 Å². The molecule has 1 aliphatic rings. The SMILES string of the molecule is CCCCCc1c(C)c2cc3c4c(oc3c(C)c2oc1=O)CCCC4. The maximum atomic E-state index is 12.5. The summed E-state index contributed by atoms with van der Waals surface area (Å²) in [5, 5.41) is 2.29. The molecule has 1 aromatic carbocycles. The number of rotatable bonds is 4. The second-order valence-electron chi connectivity index (χ2n) is 7.42. The molecule has 0 aliphatic heterocycles. The minimum Gasteiger partial charge on any atom is -0.460 e. The van der Waals surface area contributed by atoms with Gasteiger partial charge in [0, 0.05) is 33.9 Å². The third-order valence-corrected chi connectivity index (χ3v) is 5.75. The molecule has 0 bridgehead atoms. The first-order chi connectivity index (χ1) is 12.1. The van der Waals surface area contributed by atoms with Gasteiger partial charge in [0.1, 0.15) is 16.9 Å². The average molecular weight is 338 g/mol. The Kier molecular flexibility index (Phi) is 4.18. The molecule has 0 unspecified atom stereocenters. The summed E-state index contributed by atoms with van der Waals surface area (Å²) in [6, 6.07) is 2.20. The lowest BCUT2D eigenvalue weighted by atomic mass is 9.93. The van der Waals surface area contributed by atoms with E-state index in [0.717, 1.165) is 71.9 Å². The van der Waals surface area contributed by atoms with Crippen molar-refractivity contribution in [3.8, 4) is 0 Å². The van der Waals surface area contributed by atoms with Crippen LogP contribution in [0.4, 0.5) is 0 Å². The minimum atomic E-state index is -0.181. The Labute approximate surface area is 148 Å². The summed E-state index contributed by atoms with van der Waals surface area (Å²) < 4.78 is 11.9. The zero-order chi connectivity index (χ0) is 17.6. The van der Waals surface area contributed by atoms with Gasteiger partial charge in [-0.15, -0.1) is 0 Å². The summed E-state index contributed by atoms with van der Waals surface area (Å²) in [5.74, 6) is 1.13. The van der Waals surface area contributed by atoms with Gasteiger partial charge in [-0.3, -0.25) is 0 Å². The summed E-state index contributed by atoms with van der Waals surface area (Å²) in [7, 11) is 0. The molecule has 0 saturated carbocycles.